The van der Waals surface area contributed by atoms with Crippen molar-refractivity contribution in [3.8, 4) is 0 Å². The van der Waals surface area contributed by atoms with Crippen LogP contribution in [0.2, 0.25) is 0 Å². The van der Waals surface area contributed by atoms with E-state index in [2.05, 4.69) is 10.6 Å². The van der Waals surface area contributed by atoms with Gasteiger partial charge in [-0.1, -0.05) is 12.1 Å². The van der Waals surface area contributed by atoms with E-state index in [4.69, 9.17) is 0 Å². The van der Waals surface area contributed by atoms with E-state index < -0.39 is 38.6 Å². The quantitative estimate of drug-likeness (QED) is 0.673. The lowest BCUT2D eigenvalue weighted by Crippen LogP contribution is -2.47. The zero-order valence-electron chi connectivity index (χ0n) is 13.4. The molecule has 0 spiro atoms. The van der Waals surface area contributed by atoms with Crippen molar-refractivity contribution < 1.29 is 26.4 Å². The number of amides is 1. The molecule has 0 fully saturated rings. The molecule has 24 heavy (non-hydrogen) atoms. The van der Waals surface area contributed by atoms with Gasteiger partial charge in [-0.05, 0) is 33.0 Å². The van der Waals surface area contributed by atoms with Gasteiger partial charge in [-0.25, -0.2) is 8.42 Å². The number of rotatable bonds is 7. The third kappa shape index (κ3) is 5.46. The summed E-state index contributed by atoms with van der Waals surface area (Å²) in [5.74, 6) is -0.634. The Morgan fingerprint density at radius 3 is 2.33 bits per heavy atom. The van der Waals surface area contributed by atoms with E-state index in [9.17, 15) is 26.4 Å². The van der Waals surface area contributed by atoms with Crippen LogP contribution in [0.1, 0.15) is 19.4 Å². The van der Waals surface area contributed by atoms with Gasteiger partial charge in [-0.15, -0.1) is 0 Å². The number of hydrogen-bond donors (Lipinski definition) is 3. The minimum atomic E-state index is -4.82. The fraction of sp³-hybridized carbons (Fsp3) is 0.500. The molecule has 2 unspecified atom stereocenters. The molecule has 0 aliphatic heterocycles. The summed E-state index contributed by atoms with van der Waals surface area (Å²) in [6.45, 7) is 3.31. The SMILES string of the molecule is CNC(C)CNC(=O)C(C)NS(=O)(=O)c1ccccc1C(F)(F)F. The Labute approximate surface area is 138 Å². The summed E-state index contributed by atoms with van der Waals surface area (Å²) in [4.78, 5) is 11.0. The molecule has 0 aliphatic rings. The molecule has 0 saturated heterocycles. The van der Waals surface area contributed by atoms with Crippen LogP contribution >= 0.6 is 0 Å². The molecule has 0 heterocycles. The van der Waals surface area contributed by atoms with E-state index in [1.165, 1.54) is 13.0 Å². The number of carbonyl (C=O) groups is 1. The van der Waals surface area contributed by atoms with Crippen molar-refractivity contribution in [2.24, 2.45) is 0 Å². The Kier molecular flexibility index (Phi) is 6.76. The van der Waals surface area contributed by atoms with Gasteiger partial charge < -0.3 is 10.6 Å². The number of hydrogen-bond acceptors (Lipinski definition) is 4. The first-order chi connectivity index (χ1) is 11.0. The summed E-state index contributed by atoms with van der Waals surface area (Å²) in [7, 11) is -2.82. The highest BCUT2D eigenvalue weighted by Crippen LogP contribution is 2.33. The lowest BCUT2D eigenvalue weighted by Gasteiger charge is -2.18. The van der Waals surface area contributed by atoms with Gasteiger partial charge in [-0.3, -0.25) is 4.79 Å². The predicted octanol–water partition coefficient (Wildman–Crippen LogP) is 1.10. The van der Waals surface area contributed by atoms with E-state index in [1.54, 1.807) is 14.0 Å². The summed E-state index contributed by atoms with van der Waals surface area (Å²) < 4.78 is 65.2. The molecule has 1 aromatic carbocycles. The predicted molar refractivity (Wildman–Crippen MR) is 82.8 cm³/mol. The number of nitrogens with one attached hydrogen (secondary N) is 3. The van der Waals surface area contributed by atoms with Gasteiger partial charge >= 0.3 is 6.18 Å². The molecule has 0 aliphatic carbocycles. The van der Waals surface area contributed by atoms with Gasteiger partial charge in [0.1, 0.15) is 0 Å². The van der Waals surface area contributed by atoms with E-state index in [-0.39, 0.29) is 12.6 Å². The number of carbonyl (C=O) groups excluding carboxylic acids is 1. The molecule has 2 atom stereocenters. The van der Waals surface area contributed by atoms with Gasteiger partial charge in [-0.2, -0.15) is 17.9 Å². The van der Waals surface area contributed by atoms with Gasteiger partial charge in [0.05, 0.1) is 16.5 Å². The summed E-state index contributed by atoms with van der Waals surface area (Å²) in [6.07, 6.45) is -4.82. The lowest BCUT2D eigenvalue weighted by atomic mass is 10.2. The van der Waals surface area contributed by atoms with Crippen molar-refractivity contribution in [1.29, 1.82) is 0 Å². The highest BCUT2D eigenvalue weighted by molar-refractivity contribution is 7.89. The van der Waals surface area contributed by atoms with Crippen LogP contribution in [0.25, 0.3) is 0 Å². The molecule has 0 aromatic heterocycles. The Morgan fingerprint density at radius 1 is 1.21 bits per heavy atom. The third-order valence-corrected chi connectivity index (χ3v) is 4.88. The second-order valence-electron chi connectivity index (χ2n) is 5.27. The Balaban J connectivity index is 2.93. The van der Waals surface area contributed by atoms with E-state index in [1.807, 2.05) is 4.72 Å². The van der Waals surface area contributed by atoms with Gasteiger partial charge in [0.2, 0.25) is 15.9 Å². The molecule has 1 amide bonds. The van der Waals surface area contributed by atoms with Crippen molar-refractivity contribution in [2.45, 2.75) is 37.0 Å². The Hall–Kier alpha value is -1.65. The summed E-state index contributed by atoms with van der Waals surface area (Å²) in [5, 5.41) is 5.38. The first-order valence-electron chi connectivity index (χ1n) is 7.12. The molecule has 0 saturated carbocycles. The van der Waals surface area contributed by atoms with E-state index in [0.717, 1.165) is 12.1 Å². The first kappa shape index (κ1) is 20.4. The molecule has 6 nitrogen and oxygen atoms in total. The van der Waals surface area contributed by atoms with Crippen molar-refractivity contribution >= 4 is 15.9 Å². The monoisotopic (exact) mass is 367 g/mol. The van der Waals surface area contributed by atoms with E-state index >= 15 is 0 Å². The molecule has 10 heteroatoms. The van der Waals surface area contributed by atoms with Crippen LogP contribution in [0, 0.1) is 0 Å². The summed E-state index contributed by atoms with van der Waals surface area (Å²) in [6, 6.07) is 2.54. The van der Waals surface area contributed by atoms with Gasteiger partial charge in [0.15, 0.2) is 0 Å². The minimum absolute atomic E-state index is 0.0382. The lowest BCUT2D eigenvalue weighted by molar-refractivity contribution is -0.139. The van der Waals surface area contributed by atoms with Crippen molar-refractivity contribution in [3.63, 3.8) is 0 Å². The van der Waals surface area contributed by atoms with Crippen LogP contribution in [0.4, 0.5) is 13.2 Å². The maximum Gasteiger partial charge on any atom is 0.417 e. The van der Waals surface area contributed by atoms with Crippen LogP contribution < -0.4 is 15.4 Å². The molecule has 1 aromatic rings. The standard InChI is InChI=1S/C14H20F3N3O3S/c1-9(18-3)8-19-13(21)10(2)20-24(22,23)12-7-5-4-6-11(12)14(15,16)17/h4-7,9-10,18,20H,8H2,1-3H3,(H,19,21). The minimum Gasteiger partial charge on any atom is -0.353 e. The Bertz CT molecular complexity index is 677. The number of benzene rings is 1. The first-order valence-corrected chi connectivity index (χ1v) is 8.61. The zero-order valence-corrected chi connectivity index (χ0v) is 14.3. The molecular weight excluding hydrogens is 347 g/mol. The highest BCUT2D eigenvalue weighted by Gasteiger charge is 2.37. The second-order valence-corrected chi connectivity index (χ2v) is 6.95. The average molecular weight is 367 g/mol. The zero-order chi connectivity index (χ0) is 18.5. The molecule has 0 bridgehead atoms. The number of halogens is 3. The van der Waals surface area contributed by atoms with Crippen LogP contribution in [-0.2, 0) is 21.0 Å². The largest absolute Gasteiger partial charge is 0.417 e. The van der Waals surface area contributed by atoms with Crippen LogP contribution in [0.5, 0.6) is 0 Å². The molecule has 3 N–H and O–H groups in total. The summed E-state index contributed by atoms with van der Waals surface area (Å²) >= 11 is 0. The van der Waals surface area contributed by atoms with Gasteiger partial charge in [0.25, 0.3) is 0 Å². The van der Waals surface area contributed by atoms with Crippen molar-refractivity contribution in [1.82, 2.24) is 15.4 Å². The number of alkyl halides is 3. The van der Waals surface area contributed by atoms with Crippen molar-refractivity contribution in [3.05, 3.63) is 29.8 Å². The van der Waals surface area contributed by atoms with Crippen LogP contribution in [-0.4, -0.2) is 40.0 Å². The van der Waals surface area contributed by atoms with Gasteiger partial charge in [0, 0.05) is 12.6 Å². The normalized spacial score (nSPS) is 14.9. The number of likely N-dealkylation sites (N-methyl/N-ethyl adjacent to an activating group) is 1. The molecule has 0 radical (unpaired) electrons. The highest BCUT2D eigenvalue weighted by atomic mass is 32.2. The molecule has 1 rings (SSSR count). The van der Waals surface area contributed by atoms with E-state index in [0.29, 0.717) is 6.07 Å². The average Bonchev–Trinajstić information content (AvgIpc) is 2.50. The summed E-state index contributed by atoms with van der Waals surface area (Å²) in [5.41, 5.74) is -1.28. The Morgan fingerprint density at radius 2 is 1.79 bits per heavy atom. The maximum atomic E-state index is 12.9. The fourth-order valence-corrected chi connectivity index (χ4v) is 3.22. The molecule has 136 valence electrons. The topological polar surface area (TPSA) is 87.3 Å². The van der Waals surface area contributed by atoms with Crippen LogP contribution in [0.3, 0.4) is 0 Å². The molecular formula is C14H20F3N3O3S. The number of sulfonamides is 1. The van der Waals surface area contributed by atoms with Crippen LogP contribution in [0.15, 0.2) is 29.2 Å². The second kappa shape index (κ2) is 7.95. The maximum absolute atomic E-state index is 12.9. The van der Waals surface area contributed by atoms with Crippen molar-refractivity contribution in [2.75, 3.05) is 13.6 Å². The fourth-order valence-electron chi connectivity index (χ4n) is 1.79. The third-order valence-electron chi connectivity index (χ3n) is 3.28. The smallest absolute Gasteiger partial charge is 0.353 e.